The van der Waals surface area contributed by atoms with Gasteiger partial charge in [0.2, 0.25) is 5.91 Å². The molecule has 0 heterocycles. The van der Waals surface area contributed by atoms with E-state index in [-0.39, 0.29) is 22.6 Å². The van der Waals surface area contributed by atoms with Gasteiger partial charge in [-0.15, -0.1) is 0 Å². The summed E-state index contributed by atoms with van der Waals surface area (Å²) in [6.07, 6.45) is 0.530. The molecule has 0 fully saturated rings. The first kappa shape index (κ1) is 20.5. The second-order valence-corrected chi connectivity index (χ2v) is 6.00. The van der Waals surface area contributed by atoms with E-state index in [1.54, 1.807) is 12.1 Å². The van der Waals surface area contributed by atoms with Crippen molar-refractivity contribution < 1.29 is 23.5 Å². The van der Waals surface area contributed by atoms with Crippen LogP contribution in [-0.4, -0.2) is 25.5 Å². The number of nitrogens with one attached hydrogen (secondary N) is 2. The van der Waals surface area contributed by atoms with Crippen molar-refractivity contribution in [3.05, 3.63) is 58.4 Å². The van der Waals surface area contributed by atoms with Crippen molar-refractivity contribution in [1.29, 1.82) is 0 Å². The fraction of sp³-hybridized carbons (Fsp3) is 0.263. The average Bonchev–Trinajstić information content (AvgIpc) is 2.67. The van der Waals surface area contributed by atoms with Gasteiger partial charge in [0, 0.05) is 16.1 Å². The van der Waals surface area contributed by atoms with Gasteiger partial charge in [-0.1, -0.05) is 24.6 Å². The topological polar surface area (TPSA) is 76.7 Å². The Morgan fingerprint density at radius 3 is 2.59 bits per heavy atom. The Labute approximate surface area is 161 Å². The largest absolute Gasteiger partial charge is 0.493 e. The van der Waals surface area contributed by atoms with E-state index in [1.165, 1.54) is 31.4 Å². The first-order valence-electron chi connectivity index (χ1n) is 8.29. The Kier molecular flexibility index (Phi) is 7.43. The molecule has 0 saturated carbocycles. The summed E-state index contributed by atoms with van der Waals surface area (Å²) < 4.78 is 24.4. The maximum Gasteiger partial charge on any atom is 0.269 e. The SMILES string of the molecule is CCCOc1ccc(C(=O)NNC(=O)Cc2c(F)cccc2Cl)cc1OC. The van der Waals surface area contributed by atoms with Crippen LogP contribution in [0.4, 0.5) is 4.39 Å². The second kappa shape index (κ2) is 9.78. The van der Waals surface area contributed by atoms with Crippen LogP contribution >= 0.6 is 11.6 Å². The zero-order valence-electron chi connectivity index (χ0n) is 15.0. The highest BCUT2D eigenvalue weighted by Crippen LogP contribution is 2.28. The molecule has 2 aromatic carbocycles. The van der Waals surface area contributed by atoms with Crippen LogP contribution in [0.1, 0.15) is 29.3 Å². The summed E-state index contributed by atoms with van der Waals surface area (Å²) in [6.45, 7) is 2.50. The lowest BCUT2D eigenvalue weighted by atomic mass is 10.1. The van der Waals surface area contributed by atoms with E-state index in [9.17, 15) is 14.0 Å². The third-order valence-electron chi connectivity index (χ3n) is 3.60. The van der Waals surface area contributed by atoms with E-state index < -0.39 is 17.6 Å². The highest BCUT2D eigenvalue weighted by atomic mass is 35.5. The lowest BCUT2D eigenvalue weighted by Crippen LogP contribution is -2.42. The summed E-state index contributed by atoms with van der Waals surface area (Å²) in [5.41, 5.74) is 4.83. The number of benzene rings is 2. The third-order valence-corrected chi connectivity index (χ3v) is 3.96. The van der Waals surface area contributed by atoms with Crippen molar-refractivity contribution in [1.82, 2.24) is 10.9 Å². The summed E-state index contributed by atoms with van der Waals surface area (Å²) in [4.78, 5) is 24.2. The van der Waals surface area contributed by atoms with Crippen LogP contribution in [0.3, 0.4) is 0 Å². The van der Waals surface area contributed by atoms with Crippen molar-refractivity contribution in [3.8, 4) is 11.5 Å². The van der Waals surface area contributed by atoms with Crippen LogP contribution in [0.25, 0.3) is 0 Å². The van der Waals surface area contributed by atoms with E-state index in [2.05, 4.69) is 10.9 Å². The molecule has 0 bridgehead atoms. The zero-order valence-corrected chi connectivity index (χ0v) is 15.7. The predicted molar refractivity (Wildman–Crippen MR) is 99.5 cm³/mol. The van der Waals surface area contributed by atoms with Gasteiger partial charge in [0.05, 0.1) is 20.1 Å². The molecule has 6 nitrogen and oxygen atoms in total. The van der Waals surface area contributed by atoms with Crippen LogP contribution in [-0.2, 0) is 11.2 Å². The molecule has 0 atom stereocenters. The van der Waals surface area contributed by atoms with Gasteiger partial charge in [0.1, 0.15) is 5.82 Å². The van der Waals surface area contributed by atoms with Crippen molar-refractivity contribution in [2.45, 2.75) is 19.8 Å². The lowest BCUT2D eigenvalue weighted by Gasteiger charge is -2.12. The zero-order chi connectivity index (χ0) is 19.8. The number of methoxy groups -OCH3 is 1. The highest BCUT2D eigenvalue weighted by molar-refractivity contribution is 6.31. The minimum Gasteiger partial charge on any atom is -0.493 e. The summed E-state index contributed by atoms with van der Waals surface area (Å²) >= 11 is 5.88. The number of carbonyl (C=O) groups excluding carboxylic acids is 2. The quantitative estimate of drug-likeness (QED) is 0.706. The van der Waals surface area contributed by atoms with E-state index >= 15 is 0 Å². The number of amides is 2. The smallest absolute Gasteiger partial charge is 0.269 e. The van der Waals surface area contributed by atoms with Gasteiger partial charge in [-0.3, -0.25) is 20.4 Å². The van der Waals surface area contributed by atoms with Gasteiger partial charge >= 0.3 is 0 Å². The predicted octanol–water partition coefficient (Wildman–Crippen LogP) is 3.28. The molecule has 0 aliphatic rings. The number of carbonyl (C=O) groups is 2. The maximum absolute atomic E-state index is 13.7. The van der Waals surface area contributed by atoms with Crippen LogP contribution in [0, 0.1) is 5.82 Å². The lowest BCUT2D eigenvalue weighted by molar-refractivity contribution is -0.121. The average molecular weight is 395 g/mol. The van der Waals surface area contributed by atoms with Gasteiger partial charge < -0.3 is 9.47 Å². The fourth-order valence-electron chi connectivity index (χ4n) is 2.24. The maximum atomic E-state index is 13.7. The summed E-state index contributed by atoms with van der Waals surface area (Å²) in [7, 11) is 1.47. The van der Waals surface area contributed by atoms with E-state index in [0.717, 1.165) is 6.42 Å². The number of hydrogen-bond donors (Lipinski definition) is 2. The molecule has 0 spiro atoms. The second-order valence-electron chi connectivity index (χ2n) is 5.59. The number of ether oxygens (including phenoxy) is 2. The number of halogens is 2. The molecule has 0 unspecified atom stereocenters. The first-order chi connectivity index (χ1) is 13.0. The molecule has 2 amide bonds. The third kappa shape index (κ3) is 5.59. The van der Waals surface area contributed by atoms with E-state index in [1.807, 2.05) is 6.92 Å². The molecule has 144 valence electrons. The van der Waals surface area contributed by atoms with Crippen molar-refractivity contribution in [2.75, 3.05) is 13.7 Å². The Balaban J connectivity index is 1.97. The molecular formula is C19H20ClFN2O4. The Morgan fingerprint density at radius 2 is 1.93 bits per heavy atom. The fourth-order valence-corrected chi connectivity index (χ4v) is 2.47. The van der Waals surface area contributed by atoms with E-state index in [4.69, 9.17) is 21.1 Å². The van der Waals surface area contributed by atoms with Gasteiger partial charge in [0.25, 0.3) is 5.91 Å². The van der Waals surface area contributed by atoms with Gasteiger partial charge in [0.15, 0.2) is 11.5 Å². The minimum absolute atomic E-state index is 0.0602. The minimum atomic E-state index is -0.606. The Morgan fingerprint density at radius 1 is 1.15 bits per heavy atom. The summed E-state index contributed by atoms with van der Waals surface area (Å²) in [5.74, 6) is -0.820. The van der Waals surface area contributed by atoms with Gasteiger partial charge in [-0.2, -0.15) is 0 Å². The Bertz CT molecular complexity index is 809. The van der Waals surface area contributed by atoms with Gasteiger partial charge in [-0.05, 0) is 36.8 Å². The Hall–Kier alpha value is -2.80. The van der Waals surface area contributed by atoms with Crippen LogP contribution in [0.2, 0.25) is 5.02 Å². The normalized spacial score (nSPS) is 10.2. The molecular weight excluding hydrogens is 375 g/mol. The molecule has 2 aromatic rings. The highest BCUT2D eigenvalue weighted by Gasteiger charge is 2.14. The summed E-state index contributed by atoms with van der Waals surface area (Å²) in [6, 6.07) is 8.80. The molecule has 0 aliphatic heterocycles. The molecule has 0 aromatic heterocycles. The number of hydrogen-bond acceptors (Lipinski definition) is 4. The van der Waals surface area contributed by atoms with E-state index in [0.29, 0.717) is 18.1 Å². The molecule has 0 radical (unpaired) electrons. The number of rotatable bonds is 7. The molecule has 8 heteroatoms. The summed E-state index contributed by atoms with van der Waals surface area (Å²) in [5, 5.41) is 0.142. The van der Waals surface area contributed by atoms with Crippen molar-refractivity contribution in [3.63, 3.8) is 0 Å². The standard InChI is InChI=1S/C19H20ClFN2O4/c1-3-9-27-16-8-7-12(10-17(16)26-2)19(25)23-22-18(24)11-13-14(20)5-4-6-15(13)21/h4-8,10H,3,9,11H2,1-2H3,(H,22,24)(H,23,25). The van der Waals surface area contributed by atoms with Crippen LogP contribution in [0.15, 0.2) is 36.4 Å². The van der Waals surface area contributed by atoms with Crippen LogP contribution in [0.5, 0.6) is 11.5 Å². The first-order valence-corrected chi connectivity index (χ1v) is 8.67. The molecule has 0 saturated heterocycles. The van der Waals surface area contributed by atoms with Crippen molar-refractivity contribution in [2.24, 2.45) is 0 Å². The van der Waals surface area contributed by atoms with Crippen LogP contribution < -0.4 is 20.3 Å². The monoisotopic (exact) mass is 394 g/mol. The molecule has 2 rings (SSSR count). The number of hydrazine groups is 1. The molecule has 0 aliphatic carbocycles. The molecule has 27 heavy (non-hydrogen) atoms. The van der Waals surface area contributed by atoms with Gasteiger partial charge in [-0.25, -0.2) is 4.39 Å². The van der Waals surface area contributed by atoms with Crippen molar-refractivity contribution >= 4 is 23.4 Å². The molecule has 2 N–H and O–H groups in total.